The van der Waals surface area contributed by atoms with E-state index in [0.29, 0.717) is 12.1 Å². The largest absolute Gasteiger partial charge is 0.326 e. The molecule has 96 valence electrons. The van der Waals surface area contributed by atoms with E-state index in [1.807, 2.05) is 0 Å². The minimum absolute atomic E-state index is 0.112. The summed E-state index contributed by atoms with van der Waals surface area (Å²) in [5.74, 6) is 1.38. The van der Waals surface area contributed by atoms with E-state index in [0.717, 1.165) is 38.1 Å². The van der Waals surface area contributed by atoms with E-state index in [2.05, 4.69) is 17.1 Å². The van der Waals surface area contributed by atoms with Gasteiger partial charge >= 0.3 is 0 Å². The van der Waals surface area contributed by atoms with Crippen molar-refractivity contribution in [1.29, 1.82) is 0 Å². The van der Waals surface area contributed by atoms with Crippen LogP contribution in [0.15, 0.2) is 0 Å². The lowest BCUT2D eigenvalue weighted by Crippen LogP contribution is -2.37. The molecule has 1 atom stereocenters. The molecule has 3 rings (SSSR count). The maximum absolute atomic E-state index is 12.3. The fourth-order valence-electron chi connectivity index (χ4n) is 3.07. The Morgan fingerprint density at radius 2 is 2.12 bits per heavy atom. The lowest BCUT2D eigenvalue weighted by Gasteiger charge is -2.23. The van der Waals surface area contributed by atoms with Crippen LogP contribution in [0.3, 0.4) is 0 Å². The highest BCUT2D eigenvalue weighted by molar-refractivity contribution is 5.91. The molecule has 3 aliphatic rings. The van der Waals surface area contributed by atoms with Crippen LogP contribution in [0, 0.1) is 5.92 Å². The van der Waals surface area contributed by atoms with Crippen LogP contribution in [0.1, 0.15) is 58.3 Å². The number of amides is 1. The van der Waals surface area contributed by atoms with E-state index in [4.69, 9.17) is 0 Å². The van der Waals surface area contributed by atoms with Gasteiger partial charge in [-0.15, -0.1) is 0 Å². The Kier molecular flexibility index (Phi) is 2.89. The van der Waals surface area contributed by atoms with Crippen molar-refractivity contribution in [2.75, 3.05) is 6.54 Å². The van der Waals surface area contributed by atoms with E-state index in [-0.39, 0.29) is 5.54 Å². The normalized spacial score (nSPS) is 30.3. The molecule has 2 saturated carbocycles. The van der Waals surface area contributed by atoms with Gasteiger partial charge in [-0.1, -0.05) is 26.2 Å². The fraction of sp³-hybridized carbons (Fsp3) is 0.929. The van der Waals surface area contributed by atoms with E-state index < -0.39 is 0 Å². The first-order valence-corrected chi connectivity index (χ1v) is 7.34. The second-order valence-electron chi connectivity index (χ2n) is 6.12. The van der Waals surface area contributed by atoms with Gasteiger partial charge < -0.3 is 4.90 Å². The molecular formula is C14H24N2O. The molecular weight excluding hydrogens is 212 g/mol. The average molecular weight is 236 g/mol. The van der Waals surface area contributed by atoms with Crippen LogP contribution in [0.5, 0.6) is 0 Å². The van der Waals surface area contributed by atoms with Gasteiger partial charge in [0.15, 0.2) is 0 Å². The molecule has 0 bridgehead atoms. The Bertz CT molecular complexity index is 307. The number of hydrogen-bond donors (Lipinski definition) is 1. The Labute approximate surface area is 104 Å². The number of carbonyl (C=O) groups is 1. The first-order valence-electron chi connectivity index (χ1n) is 7.34. The van der Waals surface area contributed by atoms with Crippen LogP contribution >= 0.6 is 0 Å². The lowest BCUT2D eigenvalue weighted by atomic mass is 10.2. The third kappa shape index (κ3) is 2.22. The summed E-state index contributed by atoms with van der Waals surface area (Å²) >= 11 is 0. The third-order valence-corrected chi connectivity index (χ3v) is 4.51. The average Bonchev–Trinajstić information content (AvgIpc) is 3.18. The Balaban J connectivity index is 1.56. The first-order chi connectivity index (χ1) is 8.25. The molecule has 3 fully saturated rings. The maximum atomic E-state index is 12.3. The van der Waals surface area contributed by atoms with Crippen molar-refractivity contribution in [2.24, 2.45) is 5.92 Å². The van der Waals surface area contributed by atoms with Crippen LogP contribution in [0.25, 0.3) is 0 Å². The molecule has 3 nitrogen and oxygen atoms in total. The molecule has 1 unspecified atom stereocenters. The summed E-state index contributed by atoms with van der Waals surface area (Å²) in [6, 6.07) is 0. The van der Waals surface area contributed by atoms with Crippen LogP contribution < -0.4 is 5.32 Å². The smallest absolute Gasteiger partial charge is 0.244 e. The van der Waals surface area contributed by atoms with Crippen molar-refractivity contribution in [2.45, 2.75) is 70.0 Å². The van der Waals surface area contributed by atoms with E-state index in [9.17, 15) is 4.79 Å². The maximum Gasteiger partial charge on any atom is 0.244 e. The minimum Gasteiger partial charge on any atom is -0.326 e. The number of rotatable bonds is 6. The monoisotopic (exact) mass is 236 g/mol. The zero-order valence-corrected chi connectivity index (χ0v) is 10.9. The lowest BCUT2D eigenvalue weighted by molar-refractivity contribution is -0.130. The Morgan fingerprint density at radius 1 is 1.35 bits per heavy atom. The predicted octanol–water partition coefficient (Wildman–Crippen LogP) is 2.27. The van der Waals surface area contributed by atoms with Gasteiger partial charge in [-0.3, -0.25) is 10.1 Å². The number of carbonyl (C=O) groups excluding carboxylic acids is 1. The fourth-order valence-corrected chi connectivity index (χ4v) is 3.07. The minimum atomic E-state index is -0.112. The second kappa shape index (κ2) is 4.27. The van der Waals surface area contributed by atoms with Gasteiger partial charge in [0.05, 0.1) is 11.7 Å². The molecule has 1 N–H and O–H groups in total. The van der Waals surface area contributed by atoms with Crippen molar-refractivity contribution < 1.29 is 4.79 Å². The van der Waals surface area contributed by atoms with Crippen LogP contribution in [0.4, 0.5) is 0 Å². The molecule has 17 heavy (non-hydrogen) atoms. The van der Waals surface area contributed by atoms with Gasteiger partial charge in [-0.05, 0) is 38.0 Å². The molecule has 1 amide bonds. The summed E-state index contributed by atoms with van der Waals surface area (Å²) in [7, 11) is 0. The quantitative estimate of drug-likeness (QED) is 0.767. The molecule has 0 aromatic rings. The number of nitrogens with zero attached hydrogens (tertiary/aromatic N) is 1. The second-order valence-corrected chi connectivity index (χ2v) is 6.12. The molecule has 0 radical (unpaired) electrons. The Hall–Kier alpha value is -0.570. The molecule has 1 heterocycles. The van der Waals surface area contributed by atoms with Crippen LogP contribution in [-0.2, 0) is 4.79 Å². The highest BCUT2D eigenvalue weighted by Crippen LogP contribution is 2.43. The third-order valence-electron chi connectivity index (χ3n) is 4.51. The zero-order valence-electron chi connectivity index (χ0n) is 10.9. The van der Waals surface area contributed by atoms with Crippen molar-refractivity contribution in [3.8, 4) is 0 Å². The Morgan fingerprint density at radius 3 is 2.71 bits per heavy atom. The molecule has 1 saturated heterocycles. The SMILES string of the molecule is CCCC1NC2(CC2)C(=O)N1CCCC1CC1. The molecule has 0 aromatic carbocycles. The summed E-state index contributed by atoms with van der Waals surface area (Å²) < 4.78 is 0. The van der Waals surface area contributed by atoms with Crippen molar-refractivity contribution in [1.82, 2.24) is 10.2 Å². The van der Waals surface area contributed by atoms with Crippen molar-refractivity contribution in [3.05, 3.63) is 0 Å². The van der Waals surface area contributed by atoms with Gasteiger partial charge in [0.1, 0.15) is 0 Å². The van der Waals surface area contributed by atoms with Crippen LogP contribution in [0.2, 0.25) is 0 Å². The molecule has 3 heteroatoms. The van der Waals surface area contributed by atoms with Crippen LogP contribution in [-0.4, -0.2) is 29.1 Å². The highest BCUT2D eigenvalue weighted by atomic mass is 16.2. The van der Waals surface area contributed by atoms with Gasteiger partial charge in [-0.25, -0.2) is 0 Å². The topological polar surface area (TPSA) is 32.3 Å². The number of nitrogens with one attached hydrogen (secondary N) is 1. The molecule has 1 spiro atoms. The number of hydrogen-bond acceptors (Lipinski definition) is 2. The zero-order chi connectivity index (χ0) is 11.9. The summed E-state index contributed by atoms with van der Waals surface area (Å²) in [4.78, 5) is 14.5. The van der Waals surface area contributed by atoms with E-state index >= 15 is 0 Å². The summed E-state index contributed by atoms with van der Waals surface area (Å²) in [6.45, 7) is 3.18. The van der Waals surface area contributed by atoms with Gasteiger partial charge in [0, 0.05) is 6.54 Å². The summed E-state index contributed by atoms with van der Waals surface area (Å²) in [5, 5.41) is 3.57. The van der Waals surface area contributed by atoms with Gasteiger partial charge in [-0.2, -0.15) is 0 Å². The van der Waals surface area contributed by atoms with E-state index in [1.54, 1.807) is 0 Å². The van der Waals surface area contributed by atoms with Crippen molar-refractivity contribution in [3.63, 3.8) is 0 Å². The highest BCUT2D eigenvalue weighted by Gasteiger charge is 2.58. The first kappa shape index (κ1) is 11.5. The predicted molar refractivity (Wildman–Crippen MR) is 67.5 cm³/mol. The standard InChI is InChI=1S/C14H24N2O/c1-2-4-12-15-14(8-9-14)13(17)16(12)10-3-5-11-6-7-11/h11-12,15H,2-10H2,1H3. The van der Waals surface area contributed by atoms with Crippen molar-refractivity contribution >= 4 is 5.91 Å². The van der Waals surface area contributed by atoms with E-state index in [1.165, 1.54) is 25.7 Å². The van der Waals surface area contributed by atoms with Gasteiger partial charge in [0.2, 0.25) is 5.91 Å². The molecule has 2 aliphatic carbocycles. The molecule has 1 aliphatic heterocycles. The van der Waals surface area contributed by atoms with Gasteiger partial charge in [0.25, 0.3) is 0 Å². The summed E-state index contributed by atoms with van der Waals surface area (Å²) in [5.41, 5.74) is -0.112. The summed E-state index contributed by atoms with van der Waals surface area (Å²) in [6.07, 6.45) is 10.1. The molecule has 0 aromatic heterocycles.